The highest BCUT2D eigenvalue weighted by Gasteiger charge is 2.53. The van der Waals surface area contributed by atoms with Crippen LogP contribution in [0.4, 0.5) is 0 Å². The summed E-state index contributed by atoms with van der Waals surface area (Å²) in [6.07, 6.45) is 9.35. The van der Waals surface area contributed by atoms with Crippen molar-refractivity contribution in [2.45, 2.75) is 81.8 Å². The zero-order valence-electron chi connectivity index (χ0n) is 22.4. The molecule has 0 bridgehead atoms. The molecule has 1 amide bonds. The smallest absolute Gasteiger partial charge is 0.222 e. The lowest BCUT2D eigenvalue weighted by atomic mass is 9.56. The van der Waals surface area contributed by atoms with Crippen LogP contribution in [0.3, 0.4) is 0 Å². The van der Waals surface area contributed by atoms with Crippen molar-refractivity contribution in [2.24, 2.45) is 11.8 Å². The molecule has 0 spiro atoms. The van der Waals surface area contributed by atoms with Crippen molar-refractivity contribution in [2.75, 3.05) is 26.7 Å². The predicted octanol–water partition coefficient (Wildman–Crippen LogP) is 5.15. The second-order valence-electron chi connectivity index (χ2n) is 12.0. The van der Waals surface area contributed by atoms with Crippen molar-refractivity contribution in [3.63, 3.8) is 0 Å². The van der Waals surface area contributed by atoms with E-state index in [1.165, 1.54) is 18.4 Å². The highest BCUT2D eigenvalue weighted by atomic mass is 16.3. The lowest BCUT2D eigenvalue weighted by Gasteiger charge is -2.56. The third-order valence-corrected chi connectivity index (χ3v) is 9.39. The molecule has 2 saturated carbocycles. The van der Waals surface area contributed by atoms with Crippen molar-refractivity contribution < 1.29 is 15.0 Å². The molecule has 2 aromatic carbocycles. The van der Waals surface area contributed by atoms with Crippen LogP contribution in [0.2, 0.25) is 0 Å². The molecule has 5 heteroatoms. The molecule has 0 aromatic heterocycles. The van der Waals surface area contributed by atoms with Gasteiger partial charge in [0, 0.05) is 43.9 Å². The Morgan fingerprint density at radius 3 is 2.65 bits per heavy atom. The summed E-state index contributed by atoms with van der Waals surface area (Å²) in [7, 11) is 1.93. The van der Waals surface area contributed by atoms with Crippen LogP contribution in [-0.2, 0) is 16.6 Å². The minimum atomic E-state index is -0.454. The monoisotopic (exact) mass is 504 g/mol. The van der Waals surface area contributed by atoms with Crippen LogP contribution in [0, 0.1) is 11.8 Å². The van der Waals surface area contributed by atoms with Gasteiger partial charge in [-0.15, -0.1) is 0 Å². The number of unbranched alkanes of at least 4 members (excludes halogenated alkanes) is 2. The second-order valence-corrected chi connectivity index (χ2v) is 12.0. The van der Waals surface area contributed by atoms with E-state index in [1.54, 1.807) is 6.07 Å². The molecule has 5 rings (SSSR count). The third-order valence-electron chi connectivity index (χ3n) is 9.39. The molecule has 2 N–H and O–H groups in total. The fourth-order valence-electron chi connectivity index (χ4n) is 7.00. The lowest BCUT2D eigenvalue weighted by molar-refractivity contribution is -0.136. The second kappa shape index (κ2) is 11.6. The van der Waals surface area contributed by atoms with E-state index in [4.69, 9.17) is 0 Å². The van der Waals surface area contributed by atoms with E-state index in [-0.39, 0.29) is 29.0 Å². The van der Waals surface area contributed by atoms with E-state index in [0.29, 0.717) is 12.8 Å². The van der Waals surface area contributed by atoms with Crippen LogP contribution in [-0.4, -0.2) is 64.7 Å². The van der Waals surface area contributed by atoms with Gasteiger partial charge in [-0.2, -0.15) is 0 Å². The highest BCUT2D eigenvalue weighted by molar-refractivity contribution is 5.76. The summed E-state index contributed by atoms with van der Waals surface area (Å²) in [4.78, 5) is 17.7. The van der Waals surface area contributed by atoms with E-state index < -0.39 is 6.10 Å². The number of aliphatic hydroxyl groups is 1. The summed E-state index contributed by atoms with van der Waals surface area (Å²) in [5.74, 6) is 1.42. The summed E-state index contributed by atoms with van der Waals surface area (Å²) in [5, 5.41) is 21.8. The summed E-state index contributed by atoms with van der Waals surface area (Å²) in [6.45, 7) is 3.06. The fourth-order valence-corrected chi connectivity index (χ4v) is 7.00. The average Bonchev–Trinajstić information content (AvgIpc) is 3.73. The number of rotatable bonds is 10. The third kappa shape index (κ3) is 6.21. The fraction of sp³-hybridized carbons (Fsp3) is 0.594. The first-order valence-corrected chi connectivity index (χ1v) is 14.4. The van der Waals surface area contributed by atoms with Crippen LogP contribution >= 0.6 is 0 Å². The normalized spacial score (nSPS) is 28.0. The van der Waals surface area contributed by atoms with Crippen LogP contribution in [0.1, 0.15) is 68.9 Å². The molecular weight excluding hydrogens is 460 g/mol. The van der Waals surface area contributed by atoms with Crippen molar-refractivity contribution in [1.29, 1.82) is 0 Å². The molecule has 5 nitrogen and oxygen atoms in total. The number of piperidine rings is 1. The van der Waals surface area contributed by atoms with Crippen LogP contribution < -0.4 is 0 Å². The molecule has 1 aliphatic heterocycles. The Balaban J connectivity index is 1.22. The van der Waals surface area contributed by atoms with Crippen LogP contribution in [0.5, 0.6) is 5.75 Å². The summed E-state index contributed by atoms with van der Waals surface area (Å²) in [6, 6.07) is 18.2. The Bertz CT molecular complexity index is 1040. The molecular formula is C32H44N2O3. The van der Waals surface area contributed by atoms with E-state index in [9.17, 15) is 15.0 Å². The first kappa shape index (κ1) is 26.2. The zero-order valence-corrected chi connectivity index (χ0v) is 22.4. The largest absolute Gasteiger partial charge is 0.508 e. The number of hydrogen-bond donors (Lipinski definition) is 2. The van der Waals surface area contributed by atoms with Gasteiger partial charge in [0.1, 0.15) is 5.75 Å². The maximum atomic E-state index is 13.2. The number of phenolic OH excluding ortho intramolecular Hbond substituents is 1. The predicted molar refractivity (Wildman–Crippen MR) is 147 cm³/mol. The number of aromatic hydroxyl groups is 1. The van der Waals surface area contributed by atoms with Gasteiger partial charge in [-0.3, -0.25) is 4.79 Å². The number of fused-ring (bicyclic) bond motifs is 1. The van der Waals surface area contributed by atoms with E-state index in [2.05, 4.69) is 35.2 Å². The molecule has 3 fully saturated rings. The Labute approximate surface area is 222 Å². The quantitative estimate of drug-likeness (QED) is 0.440. The SMILES string of the molecule is CN(C(=O)CCCCCc1ccccc1)C1CC(O)C2CN(CC3CC3)CCC2(c2cccc(O)c2)C1. The van der Waals surface area contributed by atoms with Gasteiger partial charge in [-0.1, -0.05) is 48.9 Å². The van der Waals surface area contributed by atoms with Gasteiger partial charge in [0.05, 0.1) is 6.10 Å². The van der Waals surface area contributed by atoms with Gasteiger partial charge in [-0.25, -0.2) is 0 Å². The van der Waals surface area contributed by atoms with Crippen LogP contribution in [0.15, 0.2) is 54.6 Å². The van der Waals surface area contributed by atoms with Crippen LogP contribution in [0.25, 0.3) is 0 Å². The number of phenols is 1. The van der Waals surface area contributed by atoms with Gasteiger partial charge >= 0.3 is 0 Å². The molecule has 4 unspecified atom stereocenters. The first-order valence-electron chi connectivity index (χ1n) is 14.4. The Hall–Kier alpha value is -2.37. The Morgan fingerprint density at radius 2 is 1.89 bits per heavy atom. The Kier molecular flexibility index (Phi) is 8.21. The molecule has 4 atom stereocenters. The topological polar surface area (TPSA) is 64.0 Å². The van der Waals surface area contributed by atoms with Crippen molar-refractivity contribution in [3.8, 4) is 5.75 Å². The molecule has 2 aromatic rings. The number of hydrogen-bond acceptors (Lipinski definition) is 4. The number of amides is 1. The number of carbonyl (C=O) groups is 1. The highest BCUT2D eigenvalue weighted by Crippen LogP contribution is 2.51. The minimum absolute atomic E-state index is 0.0143. The van der Waals surface area contributed by atoms with Gasteiger partial charge < -0.3 is 20.0 Å². The van der Waals surface area contributed by atoms with Gasteiger partial charge in [0.2, 0.25) is 5.91 Å². The molecule has 2 aliphatic carbocycles. The van der Waals surface area contributed by atoms with E-state index >= 15 is 0 Å². The molecule has 37 heavy (non-hydrogen) atoms. The standard InChI is InChI=1S/C32H44N2O3/c1-33(31(37)14-7-3-6-11-24-9-4-2-5-10-24)27-20-30(36)29-23-34(22-25-15-16-25)18-17-32(29,21-27)26-12-8-13-28(35)19-26/h2,4-5,8-10,12-13,19,25,27,29-30,35-36H,3,6-7,11,14-18,20-23H2,1H3. The number of nitrogens with zero attached hydrogens (tertiary/aromatic N) is 2. The van der Waals surface area contributed by atoms with E-state index in [1.807, 2.05) is 30.1 Å². The van der Waals surface area contributed by atoms with Crippen molar-refractivity contribution in [1.82, 2.24) is 9.80 Å². The summed E-state index contributed by atoms with van der Waals surface area (Å²) >= 11 is 0. The molecule has 0 radical (unpaired) electrons. The van der Waals surface area contributed by atoms with Crippen molar-refractivity contribution in [3.05, 3.63) is 65.7 Å². The summed E-state index contributed by atoms with van der Waals surface area (Å²) in [5.41, 5.74) is 2.26. The zero-order chi connectivity index (χ0) is 25.8. The average molecular weight is 505 g/mol. The first-order chi connectivity index (χ1) is 17.9. The summed E-state index contributed by atoms with van der Waals surface area (Å²) < 4.78 is 0. The molecule has 3 aliphatic rings. The number of carbonyl (C=O) groups excluding carboxylic acids is 1. The lowest BCUT2D eigenvalue weighted by Crippen LogP contribution is -2.61. The molecule has 1 saturated heterocycles. The number of benzene rings is 2. The number of likely N-dealkylation sites (tertiary alicyclic amines) is 1. The maximum Gasteiger partial charge on any atom is 0.222 e. The number of aryl methyl sites for hydroxylation is 1. The van der Waals surface area contributed by atoms with Crippen molar-refractivity contribution >= 4 is 5.91 Å². The van der Waals surface area contributed by atoms with Gasteiger partial charge in [0.25, 0.3) is 0 Å². The van der Waals surface area contributed by atoms with Gasteiger partial charge in [0.15, 0.2) is 0 Å². The number of aliphatic hydroxyl groups excluding tert-OH is 1. The Morgan fingerprint density at radius 1 is 1.08 bits per heavy atom. The molecule has 1 heterocycles. The minimum Gasteiger partial charge on any atom is -0.508 e. The maximum absolute atomic E-state index is 13.2. The van der Waals surface area contributed by atoms with E-state index in [0.717, 1.165) is 69.6 Å². The van der Waals surface area contributed by atoms with Gasteiger partial charge in [-0.05, 0) is 87.1 Å². The molecule has 200 valence electrons.